The van der Waals surface area contributed by atoms with Gasteiger partial charge < -0.3 is 30.0 Å². The summed E-state index contributed by atoms with van der Waals surface area (Å²) in [6.07, 6.45) is 0.389. The van der Waals surface area contributed by atoms with E-state index >= 15 is 0 Å². The van der Waals surface area contributed by atoms with E-state index in [-0.39, 0.29) is 6.54 Å². The van der Waals surface area contributed by atoms with Crippen molar-refractivity contribution in [3.05, 3.63) is 48.0 Å². The van der Waals surface area contributed by atoms with Crippen LogP contribution in [0.3, 0.4) is 0 Å². The number of anilines is 1. The van der Waals surface area contributed by atoms with Gasteiger partial charge in [0.2, 0.25) is 0 Å². The van der Waals surface area contributed by atoms with Crippen molar-refractivity contribution in [2.24, 2.45) is 0 Å². The molecule has 1 atom stereocenters. The third-order valence-electron chi connectivity index (χ3n) is 4.02. The number of methoxy groups -OCH3 is 3. The van der Waals surface area contributed by atoms with Crippen LogP contribution in [0.2, 0.25) is 0 Å². The molecule has 0 spiro atoms. The molecule has 3 N–H and O–H groups in total. The standard InChI is InChI=1S/C20H26N2O5/c1-20(24,12-14-8-10-15(25-2)11-9-14)13-21-19(23)22-16-6-5-7-17(26-3)18(16)27-4/h5-11,24H,12-13H2,1-4H3,(H2,21,22,23). The van der Waals surface area contributed by atoms with Gasteiger partial charge in [0.15, 0.2) is 11.5 Å². The first kappa shape index (κ1) is 20.4. The van der Waals surface area contributed by atoms with Gasteiger partial charge >= 0.3 is 6.03 Å². The number of carbonyl (C=O) groups is 1. The highest BCUT2D eigenvalue weighted by atomic mass is 16.5. The first-order chi connectivity index (χ1) is 12.9. The Morgan fingerprint density at radius 3 is 2.33 bits per heavy atom. The molecular weight excluding hydrogens is 348 g/mol. The smallest absolute Gasteiger partial charge is 0.319 e. The maximum Gasteiger partial charge on any atom is 0.319 e. The van der Waals surface area contributed by atoms with Gasteiger partial charge in [-0.2, -0.15) is 0 Å². The van der Waals surface area contributed by atoms with E-state index in [1.54, 1.807) is 32.2 Å². The predicted molar refractivity (Wildman–Crippen MR) is 104 cm³/mol. The molecule has 0 aromatic heterocycles. The number of rotatable bonds is 8. The highest BCUT2D eigenvalue weighted by Crippen LogP contribution is 2.34. The zero-order valence-electron chi connectivity index (χ0n) is 16.0. The fraction of sp³-hybridized carbons (Fsp3) is 0.350. The van der Waals surface area contributed by atoms with Crippen LogP contribution in [0.5, 0.6) is 17.2 Å². The summed E-state index contributed by atoms with van der Waals surface area (Å²) in [6, 6.07) is 12.2. The molecular formula is C20H26N2O5. The fourth-order valence-electron chi connectivity index (χ4n) is 2.67. The summed E-state index contributed by atoms with van der Waals surface area (Å²) < 4.78 is 15.6. The lowest BCUT2D eigenvalue weighted by Gasteiger charge is -2.24. The average molecular weight is 374 g/mol. The Balaban J connectivity index is 1.94. The molecule has 2 amide bonds. The number of hydrogen-bond acceptors (Lipinski definition) is 5. The van der Waals surface area contributed by atoms with Crippen molar-refractivity contribution in [3.8, 4) is 17.2 Å². The summed E-state index contributed by atoms with van der Waals surface area (Å²) in [5.74, 6) is 1.70. The van der Waals surface area contributed by atoms with Crippen LogP contribution in [-0.4, -0.2) is 44.6 Å². The van der Waals surface area contributed by atoms with Gasteiger partial charge in [-0.1, -0.05) is 18.2 Å². The minimum absolute atomic E-state index is 0.0805. The van der Waals surface area contributed by atoms with E-state index in [2.05, 4.69) is 10.6 Å². The Morgan fingerprint density at radius 1 is 1.04 bits per heavy atom. The lowest BCUT2D eigenvalue weighted by Crippen LogP contribution is -2.43. The summed E-state index contributed by atoms with van der Waals surface area (Å²) in [6.45, 7) is 1.75. The van der Waals surface area contributed by atoms with Crippen molar-refractivity contribution in [1.82, 2.24) is 5.32 Å². The van der Waals surface area contributed by atoms with Crippen molar-refractivity contribution in [2.45, 2.75) is 18.9 Å². The number of aliphatic hydroxyl groups is 1. The van der Waals surface area contributed by atoms with E-state index in [0.29, 0.717) is 23.6 Å². The molecule has 2 aromatic rings. The molecule has 2 rings (SSSR count). The Morgan fingerprint density at radius 2 is 1.74 bits per heavy atom. The highest BCUT2D eigenvalue weighted by Gasteiger charge is 2.22. The van der Waals surface area contributed by atoms with E-state index in [4.69, 9.17) is 14.2 Å². The summed E-state index contributed by atoms with van der Waals surface area (Å²) in [5.41, 5.74) is 0.311. The molecule has 7 heteroatoms. The number of urea groups is 1. The molecule has 146 valence electrons. The Bertz CT molecular complexity index is 759. The van der Waals surface area contributed by atoms with E-state index in [0.717, 1.165) is 11.3 Å². The third-order valence-corrected chi connectivity index (χ3v) is 4.02. The maximum atomic E-state index is 12.2. The Hall–Kier alpha value is -2.93. The van der Waals surface area contributed by atoms with Crippen LogP contribution in [0.15, 0.2) is 42.5 Å². The van der Waals surface area contributed by atoms with Crippen LogP contribution in [-0.2, 0) is 6.42 Å². The van der Waals surface area contributed by atoms with E-state index in [1.165, 1.54) is 14.2 Å². The van der Waals surface area contributed by atoms with Gasteiger partial charge in [0.1, 0.15) is 5.75 Å². The molecule has 0 aliphatic carbocycles. The molecule has 0 saturated carbocycles. The molecule has 27 heavy (non-hydrogen) atoms. The van der Waals surface area contributed by atoms with Crippen LogP contribution < -0.4 is 24.8 Å². The van der Waals surface area contributed by atoms with Crippen LogP contribution in [0.4, 0.5) is 10.5 Å². The molecule has 0 radical (unpaired) electrons. The van der Waals surface area contributed by atoms with Gasteiger partial charge in [0.25, 0.3) is 0 Å². The molecule has 1 unspecified atom stereocenters. The van der Waals surface area contributed by atoms with Crippen LogP contribution in [0, 0.1) is 0 Å². The molecule has 0 fully saturated rings. The number of ether oxygens (including phenoxy) is 3. The summed E-state index contributed by atoms with van der Waals surface area (Å²) in [7, 11) is 4.63. The number of benzene rings is 2. The molecule has 0 saturated heterocycles. The monoisotopic (exact) mass is 374 g/mol. The highest BCUT2D eigenvalue weighted by molar-refractivity contribution is 5.91. The number of hydrogen-bond donors (Lipinski definition) is 3. The zero-order chi connectivity index (χ0) is 19.9. The first-order valence-corrected chi connectivity index (χ1v) is 8.49. The first-order valence-electron chi connectivity index (χ1n) is 8.49. The molecule has 0 aliphatic heterocycles. The second-order valence-electron chi connectivity index (χ2n) is 6.37. The third kappa shape index (κ3) is 5.79. The van der Waals surface area contributed by atoms with Crippen LogP contribution >= 0.6 is 0 Å². The molecule has 7 nitrogen and oxygen atoms in total. The lowest BCUT2D eigenvalue weighted by molar-refractivity contribution is 0.0629. The SMILES string of the molecule is COc1ccc(CC(C)(O)CNC(=O)Nc2cccc(OC)c2OC)cc1. The average Bonchev–Trinajstić information content (AvgIpc) is 2.66. The normalized spacial score (nSPS) is 12.6. The van der Waals surface area contributed by atoms with Gasteiger partial charge in [-0.15, -0.1) is 0 Å². The van der Waals surface area contributed by atoms with Gasteiger partial charge in [-0.05, 0) is 36.8 Å². The summed E-state index contributed by atoms with van der Waals surface area (Å²) >= 11 is 0. The predicted octanol–water partition coefficient (Wildman–Crippen LogP) is 2.83. The second-order valence-corrected chi connectivity index (χ2v) is 6.37. The van der Waals surface area contributed by atoms with Crippen molar-refractivity contribution in [3.63, 3.8) is 0 Å². The Kier molecular flexibility index (Phi) is 6.90. The van der Waals surface area contributed by atoms with E-state index in [1.807, 2.05) is 24.3 Å². The van der Waals surface area contributed by atoms with Crippen molar-refractivity contribution in [1.29, 1.82) is 0 Å². The topological polar surface area (TPSA) is 89.1 Å². The molecule has 2 aromatic carbocycles. The van der Waals surface area contributed by atoms with Crippen molar-refractivity contribution in [2.75, 3.05) is 33.2 Å². The van der Waals surface area contributed by atoms with Crippen LogP contribution in [0.1, 0.15) is 12.5 Å². The van der Waals surface area contributed by atoms with Gasteiger partial charge in [-0.3, -0.25) is 0 Å². The zero-order valence-corrected chi connectivity index (χ0v) is 16.0. The number of carbonyl (C=O) groups excluding carboxylic acids is 1. The minimum atomic E-state index is -1.11. The summed E-state index contributed by atoms with van der Waals surface area (Å²) in [5, 5.41) is 16.0. The number of nitrogens with one attached hydrogen (secondary N) is 2. The van der Waals surface area contributed by atoms with E-state index in [9.17, 15) is 9.90 Å². The number of para-hydroxylation sites is 1. The van der Waals surface area contributed by atoms with Crippen molar-refractivity contribution < 1.29 is 24.1 Å². The van der Waals surface area contributed by atoms with Crippen LogP contribution in [0.25, 0.3) is 0 Å². The van der Waals surface area contributed by atoms with Crippen molar-refractivity contribution >= 4 is 11.7 Å². The maximum absolute atomic E-state index is 12.2. The molecule has 0 bridgehead atoms. The Labute approximate surface area is 159 Å². The molecule has 0 aliphatic rings. The van der Waals surface area contributed by atoms with Gasteiger partial charge in [0, 0.05) is 13.0 Å². The number of amides is 2. The molecule has 0 heterocycles. The lowest BCUT2D eigenvalue weighted by atomic mass is 9.96. The summed E-state index contributed by atoms with van der Waals surface area (Å²) in [4.78, 5) is 12.2. The fourth-order valence-corrected chi connectivity index (χ4v) is 2.67. The van der Waals surface area contributed by atoms with E-state index < -0.39 is 11.6 Å². The quantitative estimate of drug-likeness (QED) is 0.661. The van der Waals surface area contributed by atoms with Gasteiger partial charge in [-0.25, -0.2) is 4.79 Å². The largest absolute Gasteiger partial charge is 0.497 e. The second kappa shape index (κ2) is 9.14. The minimum Gasteiger partial charge on any atom is -0.497 e. The van der Waals surface area contributed by atoms with Gasteiger partial charge in [0.05, 0.1) is 32.6 Å².